The van der Waals surface area contributed by atoms with Crippen LogP contribution in [0, 0.1) is 10.1 Å². The van der Waals surface area contributed by atoms with E-state index in [0.717, 1.165) is 30.4 Å². The zero-order valence-electron chi connectivity index (χ0n) is 14.3. The molecular weight excluding hydrogens is 360 g/mol. The van der Waals surface area contributed by atoms with Crippen LogP contribution >= 0.6 is 11.3 Å². The van der Waals surface area contributed by atoms with Gasteiger partial charge < -0.3 is 10.1 Å². The summed E-state index contributed by atoms with van der Waals surface area (Å²) in [4.78, 5) is 37.9. The van der Waals surface area contributed by atoms with Gasteiger partial charge >= 0.3 is 11.0 Å². The Balaban J connectivity index is 2.27. The van der Waals surface area contributed by atoms with Crippen LogP contribution in [-0.2, 0) is 4.79 Å². The number of benzene rings is 1. The predicted octanol–water partition coefficient (Wildman–Crippen LogP) is 3.44. The number of nitrogens with one attached hydrogen (secondary N) is 2. The van der Waals surface area contributed by atoms with Gasteiger partial charge in [0.1, 0.15) is 6.20 Å². The zero-order valence-corrected chi connectivity index (χ0v) is 15.1. The first-order valence-electron chi connectivity index (χ1n) is 7.89. The van der Waals surface area contributed by atoms with Crippen molar-refractivity contribution in [3.63, 3.8) is 0 Å². The Morgan fingerprint density at radius 1 is 1.38 bits per heavy atom. The van der Waals surface area contributed by atoms with Gasteiger partial charge in [0.15, 0.2) is 10.9 Å². The third kappa shape index (κ3) is 4.99. The number of unbranched alkanes of at least 4 members (excludes halogenated alkanes) is 1. The van der Waals surface area contributed by atoms with Gasteiger partial charge in [-0.1, -0.05) is 19.4 Å². The highest BCUT2D eigenvalue weighted by molar-refractivity contribution is 7.18. The van der Waals surface area contributed by atoms with E-state index < -0.39 is 16.8 Å². The van der Waals surface area contributed by atoms with Gasteiger partial charge in [-0.2, -0.15) is 0 Å². The Morgan fingerprint density at radius 2 is 2.15 bits per heavy atom. The molecule has 0 fully saturated rings. The van der Waals surface area contributed by atoms with Crippen molar-refractivity contribution < 1.29 is 19.2 Å². The average Bonchev–Trinajstić information content (AvgIpc) is 3.04. The maximum Gasteiger partial charge on any atom is 0.345 e. The van der Waals surface area contributed by atoms with E-state index in [0.29, 0.717) is 12.2 Å². The van der Waals surface area contributed by atoms with Crippen LogP contribution in [0.5, 0.6) is 5.75 Å². The molecule has 0 saturated carbocycles. The molecule has 0 atom stereocenters. The number of anilines is 2. The lowest BCUT2D eigenvalue weighted by atomic mass is 10.1. The standard InChI is InChI=1S/C16H18N4O5S/c1-3-4-8-17-12-7-5-6-11(14(12)25-10(2)21)15(22)19-16-18-9-13(26-16)20(23)24/h5-7,9,17H,3-4,8H2,1-2H3,(H,18,19,22). The normalized spacial score (nSPS) is 10.2. The number of hydrogen-bond donors (Lipinski definition) is 2. The lowest BCUT2D eigenvalue weighted by Gasteiger charge is -2.14. The Bertz CT molecular complexity index is 821. The molecule has 10 heteroatoms. The molecule has 9 nitrogen and oxygen atoms in total. The van der Waals surface area contributed by atoms with E-state index in [1.54, 1.807) is 12.1 Å². The first kappa shape index (κ1) is 19.3. The molecule has 0 unspecified atom stereocenters. The highest BCUT2D eigenvalue weighted by atomic mass is 32.1. The van der Waals surface area contributed by atoms with E-state index in [9.17, 15) is 19.7 Å². The lowest BCUT2D eigenvalue weighted by molar-refractivity contribution is -0.380. The number of nitro groups is 1. The summed E-state index contributed by atoms with van der Waals surface area (Å²) in [7, 11) is 0. The number of nitrogens with zero attached hydrogens (tertiary/aromatic N) is 2. The monoisotopic (exact) mass is 378 g/mol. The molecule has 0 spiro atoms. The van der Waals surface area contributed by atoms with Gasteiger partial charge in [-0.15, -0.1) is 0 Å². The van der Waals surface area contributed by atoms with E-state index in [2.05, 4.69) is 15.6 Å². The summed E-state index contributed by atoms with van der Waals surface area (Å²) in [5, 5.41) is 16.2. The number of esters is 1. The number of hydrogen-bond acceptors (Lipinski definition) is 8. The van der Waals surface area contributed by atoms with Gasteiger partial charge in [-0.3, -0.25) is 25.0 Å². The Morgan fingerprint density at radius 3 is 2.77 bits per heavy atom. The van der Waals surface area contributed by atoms with Crippen molar-refractivity contribution in [2.75, 3.05) is 17.2 Å². The summed E-state index contributed by atoms with van der Waals surface area (Å²) in [5.41, 5.74) is 0.644. The van der Waals surface area contributed by atoms with Crippen LogP contribution in [-0.4, -0.2) is 28.3 Å². The molecule has 0 bridgehead atoms. The minimum atomic E-state index is -0.587. The second kappa shape index (κ2) is 8.90. The maximum absolute atomic E-state index is 12.5. The van der Waals surface area contributed by atoms with Gasteiger partial charge in [0.05, 0.1) is 16.2 Å². The fourth-order valence-corrected chi connectivity index (χ4v) is 2.71. The number of ether oxygens (including phenoxy) is 1. The maximum atomic E-state index is 12.5. The predicted molar refractivity (Wildman–Crippen MR) is 97.9 cm³/mol. The summed E-state index contributed by atoms with van der Waals surface area (Å²) >= 11 is 0.739. The molecule has 0 saturated heterocycles. The van der Waals surface area contributed by atoms with Crippen molar-refractivity contribution in [2.24, 2.45) is 0 Å². The summed E-state index contributed by atoms with van der Waals surface area (Å²) in [6.07, 6.45) is 2.97. The van der Waals surface area contributed by atoms with Crippen molar-refractivity contribution >= 4 is 39.0 Å². The molecular formula is C16H18N4O5S. The number of aromatic nitrogens is 1. The molecule has 2 aromatic rings. The number of para-hydroxylation sites is 1. The quantitative estimate of drug-likeness (QED) is 0.237. The molecule has 2 N–H and O–H groups in total. The molecule has 0 aliphatic carbocycles. The minimum absolute atomic E-state index is 0.0832. The Labute approximate surface area is 153 Å². The molecule has 1 aromatic carbocycles. The first-order chi connectivity index (χ1) is 12.4. The van der Waals surface area contributed by atoms with Gasteiger partial charge in [0.2, 0.25) is 0 Å². The lowest BCUT2D eigenvalue weighted by Crippen LogP contribution is -2.16. The summed E-state index contributed by atoms with van der Waals surface area (Å²) in [6.45, 7) is 3.95. The molecule has 1 amide bonds. The molecule has 0 aliphatic rings. The van der Waals surface area contributed by atoms with Crippen LogP contribution in [0.25, 0.3) is 0 Å². The van der Waals surface area contributed by atoms with Gasteiger partial charge in [0.25, 0.3) is 5.91 Å². The van der Waals surface area contributed by atoms with E-state index in [4.69, 9.17) is 4.74 Å². The zero-order chi connectivity index (χ0) is 19.1. The molecule has 26 heavy (non-hydrogen) atoms. The third-order valence-electron chi connectivity index (χ3n) is 3.25. The number of amides is 1. The molecule has 0 aliphatic heterocycles. The van der Waals surface area contributed by atoms with Crippen molar-refractivity contribution in [1.29, 1.82) is 0 Å². The SMILES string of the molecule is CCCCNc1cccc(C(=O)Nc2ncc([N+](=O)[O-])s2)c1OC(C)=O. The largest absolute Gasteiger partial charge is 0.424 e. The number of rotatable bonds is 8. The fraction of sp³-hybridized carbons (Fsp3) is 0.312. The number of carbonyl (C=O) groups excluding carboxylic acids is 2. The van der Waals surface area contributed by atoms with Crippen LogP contribution in [0.3, 0.4) is 0 Å². The molecule has 0 radical (unpaired) electrons. The van der Waals surface area contributed by atoms with Crippen molar-refractivity contribution in [3.05, 3.63) is 40.1 Å². The fourth-order valence-electron chi connectivity index (χ4n) is 2.08. The molecule has 1 aromatic heterocycles. The van der Waals surface area contributed by atoms with E-state index in [-0.39, 0.29) is 21.4 Å². The summed E-state index contributed by atoms with van der Waals surface area (Å²) in [5.74, 6) is -1.03. The topological polar surface area (TPSA) is 123 Å². The van der Waals surface area contributed by atoms with Crippen LogP contribution in [0.1, 0.15) is 37.0 Å². The smallest absolute Gasteiger partial charge is 0.345 e. The second-order valence-electron chi connectivity index (χ2n) is 5.27. The van der Waals surface area contributed by atoms with Crippen molar-refractivity contribution in [1.82, 2.24) is 4.98 Å². The van der Waals surface area contributed by atoms with Crippen LogP contribution in [0.2, 0.25) is 0 Å². The van der Waals surface area contributed by atoms with Crippen LogP contribution < -0.4 is 15.4 Å². The second-order valence-corrected chi connectivity index (χ2v) is 6.28. The molecule has 138 valence electrons. The van der Waals surface area contributed by atoms with Gasteiger partial charge in [0, 0.05) is 13.5 Å². The van der Waals surface area contributed by atoms with Gasteiger partial charge in [-0.25, -0.2) is 4.98 Å². The minimum Gasteiger partial charge on any atom is -0.424 e. The Hall–Kier alpha value is -3.01. The van der Waals surface area contributed by atoms with Crippen LogP contribution in [0.15, 0.2) is 24.4 Å². The summed E-state index contributed by atoms with van der Waals surface area (Å²) < 4.78 is 5.22. The van der Waals surface area contributed by atoms with E-state index in [1.807, 2.05) is 6.92 Å². The summed E-state index contributed by atoms with van der Waals surface area (Å²) in [6, 6.07) is 4.86. The average molecular weight is 378 g/mol. The van der Waals surface area contributed by atoms with Crippen molar-refractivity contribution in [2.45, 2.75) is 26.7 Å². The highest BCUT2D eigenvalue weighted by Crippen LogP contribution is 2.31. The third-order valence-corrected chi connectivity index (χ3v) is 4.11. The number of thiazole rings is 1. The van der Waals surface area contributed by atoms with E-state index >= 15 is 0 Å². The van der Waals surface area contributed by atoms with E-state index in [1.165, 1.54) is 13.0 Å². The van der Waals surface area contributed by atoms with Gasteiger partial charge in [-0.05, 0) is 29.9 Å². The molecule has 2 rings (SSSR count). The first-order valence-corrected chi connectivity index (χ1v) is 8.71. The molecule has 1 heterocycles. The highest BCUT2D eigenvalue weighted by Gasteiger charge is 2.20. The van der Waals surface area contributed by atoms with Crippen LogP contribution in [0.4, 0.5) is 15.8 Å². The Kier molecular flexibility index (Phi) is 6.61. The van der Waals surface area contributed by atoms with Crippen molar-refractivity contribution in [3.8, 4) is 5.75 Å². The number of carbonyl (C=O) groups is 2.